The van der Waals surface area contributed by atoms with E-state index in [-0.39, 0.29) is 6.61 Å². The van der Waals surface area contributed by atoms with Crippen LogP contribution in [0.25, 0.3) is 0 Å². The van der Waals surface area contributed by atoms with Crippen LogP contribution >= 0.6 is 0 Å². The van der Waals surface area contributed by atoms with Gasteiger partial charge in [0.15, 0.2) is 0 Å². The fourth-order valence-corrected chi connectivity index (χ4v) is 0.934. The zero-order valence-electron chi connectivity index (χ0n) is 7.99. The number of aliphatic hydroxyl groups excluding tert-OH is 1. The smallest absolute Gasteiger partial charge is 0.133 e. The molecule has 1 heterocycles. The molecule has 4 nitrogen and oxygen atoms in total. The van der Waals surface area contributed by atoms with Crippen LogP contribution in [-0.2, 0) is 0 Å². The molecule has 0 saturated heterocycles. The van der Waals surface area contributed by atoms with Crippen molar-refractivity contribution in [3.8, 4) is 0 Å². The zero-order valence-corrected chi connectivity index (χ0v) is 7.99. The van der Waals surface area contributed by atoms with Gasteiger partial charge in [0.2, 0.25) is 0 Å². The lowest BCUT2D eigenvalue weighted by Crippen LogP contribution is -2.08. The van der Waals surface area contributed by atoms with Crippen LogP contribution in [0.15, 0.2) is 12.3 Å². The third-order valence-corrected chi connectivity index (χ3v) is 1.61. The SMILES string of the molecule is CC(C)c1nccc(NCCO)n1. The van der Waals surface area contributed by atoms with Crippen LogP contribution in [0.2, 0.25) is 0 Å². The maximum Gasteiger partial charge on any atom is 0.133 e. The normalized spacial score (nSPS) is 10.5. The Morgan fingerprint density at radius 3 is 2.92 bits per heavy atom. The highest BCUT2D eigenvalue weighted by molar-refractivity contribution is 5.33. The largest absolute Gasteiger partial charge is 0.395 e. The third kappa shape index (κ3) is 2.99. The molecule has 0 atom stereocenters. The monoisotopic (exact) mass is 181 g/mol. The fraction of sp³-hybridized carbons (Fsp3) is 0.556. The molecule has 0 aliphatic heterocycles. The van der Waals surface area contributed by atoms with Gasteiger partial charge in [0, 0.05) is 18.7 Å². The minimum atomic E-state index is 0.112. The van der Waals surface area contributed by atoms with Gasteiger partial charge in [0.25, 0.3) is 0 Å². The van der Waals surface area contributed by atoms with E-state index in [1.165, 1.54) is 0 Å². The summed E-state index contributed by atoms with van der Waals surface area (Å²) in [5.41, 5.74) is 0. The molecule has 1 aromatic rings. The van der Waals surface area contributed by atoms with Gasteiger partial charge in [0.05, 0.1) is 6.61 Å². The molecule has 72 valence electrons. The summed E-state index contributed by atoms with van der Waals surface area (Å²) in [6, 6.07) is 1.79. The predicted molar refractivity (Wildman–Crippen MR) is 51.7 cm³/mol. The predicted octanol–water partition coefficient (Wildman–Crippen LogP) is 1.00. The van der Waals surface area contributed by atoms with E-state index in [9.17, 15) is 0 Å². The second-order valence-electron chi connectivity index (χ2n) is 3.11. The van der Waals surface area contributed by atoms with E-state index in [1.807, 2.05) is 13.8 Å². The van der Waals surface area contributed by atoms with Crippen molar-refractivity contribution in [3.05, 3.63) is 18.1 Å². The Morgan fingerprint density at radius 1 is 1.54 bits per heavy atom. The van der Waals surface area contributed by atoms with Gasteiger partial charge in [-0.1, -0.05) is 13.8 Å². The molecule has 0 unspecified atom stereocenters. The van der Waals surface area contributed by atoms with Gasteiger partial charge in [-0.3, -0.25) is 0 Å². The number of anilines is 1. The third-order valence-electron chi connectivity index (χ3n) is 1.61. The Morgan fingerprint density at radius 2 is 2.31 bits per heavy atom. The van der Waals surface area contributed by atoms with Crippen LogP contribution in [0.4, 0.5) is 5.82 Å². The molecule has 0 aromatic carbocycles. The number of nitrogens with zero attached hydrogens (tertiary/aromatic N) is 2. The number of hydrogen-bond donors (Lipinski definition) is 2. The van der Waals surface area contributed by atoms with E-state index in [1.54, 1.807) is 12.3 Å². The Kier molecular flexibility index (Phi) is 3.64. The molecule has 0 radical (unpaired) electrons. The lowest BCUT2D eigenvalue weighted by molar-refractivity contribution is 0.311. The number of nitrogens with one attached hydrogen (secondary N) is 1. The number of hydrogen-bond acceptors (Lipinski definition) is 4. The Labute approximate surface area is 78.0 Å². The number of aromatic nitrogens is 2. The molecule has 0 fully saturated rings. The highest BCUT2D eigenvalue weighted by Crippen LogP contribution is 2.10. The van der Waals surface area contributed by atoms with Crippen molar-refractivity contribution in [2.45, 2.75) is 19.8 Å². The van der Waals surface area contributed by atoms with Crippen molar-refractivity contribution in [2.75, 3.05) is 18.5 Å². The Bertz CT molecular complexity index is 263. The molecule has 0 bridgehead atoms. The average molecular weight is 181 g/mol. The van der Waals surface area contributed by atoms with E-state index < -0.39 is 0 Å². The summed E-state index contributed by atoms with van der Waals surface area (Å²) in [6.45, 7) is 4.73. The minimum absolute atomic E-state index is 0.112. The van der Waals surface area contributed by atoms with Gasteiger partial charge in [-0.2, -0.15) is 0 Å². The average Bonchev–Trinajstić information content (AvgIpc) is 2.15. The summed E-state index contributed by atoms with van der Waals surface area (Å²) >= 11 is 0. The van der Waals surface area contributed by atoms with E-state index in [0.717, 1.165) is 11.6 Å². The van der Waals surface area contributed by atoms with Gasteiger partial charge >= 0.3 is 0 Å². The molecular formula is C9H15N3O. The first-order chi connectivity index (χ1) is 6.24. The highest BCUT2D eigenvalue weighted by Gasteiger charge is 2.02. The van der Waals surface area contributed by atoms with Crippen LogP contribution in [0.5, 0.6) is 0 Å². The molecule has 0 aliphatic rings. The van der Waals surface area contributed by atoms with Gasteiger partial charge in [0.1, 0.15) is 11.6 Å². The number of aliphatic hydroxyl groups is 1. The standard InChI is InChI=1S/C9H15N3O/c1-7(2)9-11-4-3-8(12-9)10-5-6-13/h3-4,7,13H,5-6H2,1-2H3,(H,10,11,12). The fourth-order valence-electron chi connectivity index (χ4n) is 0.934. The van der Waals surface area contributed by atoms with Gasteiger partial charge in [-0.05, 0) is 6.07 Å². The second-order valence-corrected chi connectivity index (χ2v) is 3.11. The van der Waals surface area contributed by atoms with Gasteiger partial charge in [-0.25, -0.2) is 9.97 Å². The summed E-state index contributed by atoms with van der Waals surface area (Å²) in [7, 11) is 0. The van der Waals surface area contributed by atoms with Crippen molar-refractivity contribution < 1.29 is 5.11 Å². The van der Waals surface area contributed by atoms with Gasteiger partial charge in [-0.15, -0.1) is 0 Å². The zero-order chi connectivity index (χ0) is 9.68. The van der Waals surface area contributed by atoms with Crippen LogP contribution in [-0.4, -0.2) is 28.2 Å². The molecule has 4 heteroatoms. The lowest BCUT2D eigenvalue weighted by Gasteiger charge is -2.06. The van der Waals surface area contributed by atoms with Crippen molar-refractivity contribution in [3.63, 3.8) is 0 Å². The second kappa shape index (κ2) is 4.77. The van der Waals surface area contributed by atoms with Crippen molar-refractivity contribution in [2.24, 2.45) is 0 Å². The summed E-state index contributed by atoms with van der Waals surface area (Å²) in [5, 5.41) is 11.6. The first-order valence-corrected chi connectivity index (χ1v) is 4.41. The molecular weight excluding hydrogens is 166 g/mol. The van der Waals surface area contributed by atoms with Crippen molar-refractivity contribution in [1.82, 2.24) is 9.97 Å². The van der Waals surface area contributed by atoms with Gasteiger partial charge < -0.3 is 10.4 Å². The molecule has 2 N–H and O–H groups in total. The summed E-state index contributed by atoms with van der Waals surface area (Å²) in [5.74, 6) is 1.92. The maximum atomic E-state index is 8.60. The van der Waals surface area contributed by atoms with E-state index in [4.69, 9.17) is 5.11 Å². The van der Waals surface area contributed by atoms with E-state index >= 15 is 0 Å². The van der Waals surface area contributed by atoms with E-state index in [2.05, 4.69) is 15.3 Å². The van der Waals surface area contributed by atoms with Crippen LogP contribution in [0, 0.1) is 0 Å². The Balaban J connectivity index is 2.68. The molecule has 0 spiro atoms. The summed E-state index contributed by atoms with van der Waals surface area (Å²) < 4.78 is 0. The first-order valence-electron chi connectivity index (χ1n) is 4.41. The Hall–Kier alpha value is -1.16. The van der Waals surface area contributed by atoms with Crippen LogP contribution < -0.4 is 5.32 Å². The quantitative estimate of drug-likeness (QED) is 0.727. The lowest BCUT2D eigenvalue weighted by atomic mass is 10.2. The first kappa shape index (κ1) is 9.92. The minimum Gasteiger partial charge on any atom is -0.395 e. The maximum absolute atomic E-state index is 8.60. The topological polar surface area (TPSA) is 58.0 Å². The van der Waals surface area contributed by atoms with Crippen LogP contribution in [0.1, 0.15) is 25.6 Å². The molecule has 13 heavy (non-hydrogen) atoms. The molecule has 0 amide bonds. The number of rotatable bonds is 4. The summed E-state index contributed by atoms with van der Waals surface area (Å²) in [6.07, 6.45) is 1.72. The van der Waals surface area contributed by atoms with Crippen molar-refractivity contribution >= 4 is 5.82 Å². The molecule has 0 saturated carbocycles. The summed E-state index contributed by atoms with van der Waals surface area (Å²) in [4.78, 5) is 8.41. The molecule has 1 aromatic heterocycles. The van der Waals surface area contributed by atoms with Crippen LogP contribution in [0.3, 0.4) is 0 Å². The molecule has 1 rings (SSSR count). The van der Waals surface area contributed by atoms with Crippen molar-refractivity contribution in [1.29, 1.82) is 0 Å². The molecule has 0 aliphatic carbocycles. The highest BCUT2D eigenvalue weighted by atomic mass is 16.3. The van der Waals surface area contributed by atoms with E-state index in [0.29, 0.717) is 12.5 Å².